The van der Waals surface area contributed by atoms with E-state index < -0.39 is 0 Å². The molecule has 0 aromatic heterocycles. The van der Waals surface area contributed by atoms with E-state index in [9.17, 15) is 0 Å². The summed E-state index contributed by atoms with van der Waals surface area (Å²) >= 11 is 0. The third kappa shape index (κ3) is 6.22. The van der Waals surface area contributed by atoms with Crippen LogP contribution in [0, 0.1) is 43.8 Å². The Balaban J connectivity index is 0. The summed E-state index contributed by atoms with van der Waals surface area (Å²) in [4.78, 5) is 0. The Morgan fingerprint density at radius 1 is 1.36 bits per heavy atom. The second-order valence-electron chi connectivity index (χ2n) is 1.54. The zero-order valence-electron chi connectivity index (χ0n) is 6.59. The minimum absolute atomic E-state index is 0. The number of anilines is 1. The third-order valence-corrected chi connectivity index (χ3v) is 1.01. The van der Waals surface area contributed by atoms with Gasteiger partial charge in [0, 0.05) is 7.05 Å². The Bertz CT molecular complexity index is 162. The number of nitrogens with one attached hydrogen (secondary N) is 1. The molecule has 0 heterocycles. The summed E-state index contributed by atoms with van der Waals surface area (Å²) in [5, 5.41) is 3.01. The second-order valence-corrected chi connectivity index (χ2v) is 1.54. The summed E-state index contributed by atoms with van der Waals surface area (Å²) in [5.41, 5.74) is 1.13. The Labute approximate surface area is 92.3 Å². The summed E-state index contributed by atoms with van der Waals surface area (Å²) in [6, 6.07) is 10.6. The van der Waals surface area contributed by atoms with E-state index >= 15 is 0 Å². The normalized spacial score (nSPS) is 6.64. The van der Waals surface area contributed by atoms with E-state index in [-0.39, 0.29) is 31.1 Å². The molecule has 1 nitrogen and oxygen atoms in total. The number of rotatable bonds is 1. The van der Waals surface area contributed by atoms with Gasteiger partial charge < -0.3 is 11.9 Å². The van der Waals surface area contributed by atoms with Gasteiger partial charge in [-0.15, -0.1) is 12.1 Å². The van der Waals surface area contributed by atoms with Crippen molar-refractivity contribution in [1.29, 1.82) is 0 Å². The summed E-state index contributed by atoms with van der Waals surface area (Å²) in [7, 11) is 1.90. The Morgan fingerprint density at radius 2 is 1.82 bits per heavy atom. The van der Waals surface area contributed by atoms with Crippen LogP contribution < -0.4 is 5.32 Å². The fraction of sp³-hybridized carbons (Fsp3) is 0.111. The fourth-order valence-corrected chi connectivity index (χ4v) is 0.554. The maximum Gasteiger partial charge on any atom is 2.00 e. The standard InChI is InChI=1S/C7H8N.C2H3.U/c1-8-7-5-3-2-4-6-7;1-2;/h3-6,8H,1H3;1H,2H2;/q2*-1;+2. The van der Waals surface area contributed by atoms with Gasteiger partial charge in [-0.05, 0) is 0 Å². The van der Waals surface area contributed by atoms with Gasteiger partial charge in [-0.3, -0.25) is 6.58 Å². The summed E-state index contributed by atoms with van der Waals surface area (Å²) < 4.78 is 0. The topological polar surface area (TPSA) is 12.0 Å². The van der Waals surface area contributed by atoms with Gasteiger partial charge in [-0.1, -0.05) is 5.69 Å². The molecule has 1 aromatic carbocycles. The van der Waals surface area contributed by atoms with Crippen molar-refractivity contribution in [3.05, 3.63) is 43.5 Å². The quantitative estimate of drug-likeness (QED) is 0.746. The van der Waals surface area contributed by atoms with Crippen molar-refractivity contribution < 1.29 is 31.1 Å². The summed E-state index contributed by atoms with van der Waals surface area (Å²) in [6.07, 6.45) is 0. The maximum absolute atomic E-state index is 4.25. The Kier molecular flexibility index (Phi) is 12.0. The first-order valence-electron chi connectivity index (χ1n) is 2.98. The molecular weight excluding hydrogens is 360 g/mol. The molecule has 0 aliphatic carbocycles. The average molecular weight is 371 g/mol. The van der Waals surface area contributed by atoms with Gasteiger partial charge in [0.1, 0.15) is 0 Å². The molecule has 0 aliphatic heterocycles. The molecule has 11 heavy (non-hydrogen) atoms. The number of benzene rings is 1. The first-order valence-corrected chi connectivity index (χ1v) is 2.98. The van der Waals surface area contributed by atoms with Crippen LogP contribution in [0.3, 0.4) is 0 Å². The van der Waals surface area contributed by atoms with Crippen LogP contribution in [0.25, 0.3) is 0 Å². The molecule has 0 fully saturated rings. The molecule has 0 aliphatic rings. The molecule has 0 radical (unpaired) electrons. The van der Waals surface area contributed by atoms with Crippen LogP contribution in [0.2, 0.25) is 0 Å². The molecule has 2 heteroatoms. The largest absolute Gasteiger partial charge is 2.00 e. The average Bonchev–Trinajstić information content (AvgIpc) is 2.10. The van der Waals surface area contributed by atoms with Crippen LogP contribution in [0.15, 0.2) is 30.8 Å². The third-order valence-electron chi connectivity index (χ3n) is 1.01. The van der Waals surface area contributed by atoms with E-state index in [2.05, 4.69) is 24.5 Å². The first-order chi connectivity index (χ1) is 4.93. The van der Waals surface area contributed by atoms with Gasteiger partial charge in [0.05, 0.1) is 0 Å². The van der Waals surface area contributed by atoms with Crippen molar-refractivity contribution in [3.8, 4) is 0 Å². The molecule has 0 spiro atoms. The van der Waals surface area contributed by atoms with Gasteiger partial charge in [0.2, 0.25) is 0 Å². The number of hydrogen-bond donors (Lipinski definition) is 1. The van der Waals surface area contributed by atoms with E-state index in [4.69, 9.17) is 0 Å². The van der Waals surface area contributed by atoms with Gasteiger partial charge in [0.25, 0.3) is 0 Å². The fourth-order valence-electron chi connectivity index (χ4n) is 0.554. The summed E-state index contributed by atoms with van der Waals surface area (Å²) in [5.74, 6) is 0. The molecule has 56 valence electrons. The van der Waals surface area contributed by atoms with E-state index in [1.165, 1.54) is 0 Å². The zero-order valence-corrected chi connectivity index (χ0v) is 10.8. The molecule has 1 rings (SSSR count). The van der Waals surface area contributed by atoms with Crippen LogP contribution >= 0.6 is 0 Å². The minimum atomic E-state index is 0. The van der Waals surface area contributed by atoms with Gasteiger partial charge in [-0.25, -0.2) is 0 Å². The van der Waals surface area contributed by atoms with Crippen LogP contribution in [-0.2, 0) is 0 Å². The van der Waals surface area contributed by atoms with Crippen LogP contribution in [-0.4, -0.2) is 7.05 Å². The van der Waals surface area contributed by atoms with Crippen molar-refractivity contribution in [3.63, 3.8) is 0 Å². The molecular formula is C9H11NU. The monoisotopic (exact) mass is 371 g/mol. The molecule has 1 aromatic rings. The Morgan fingerprint density at radius 3 is 2.09 bits per heavy atom. The molecule has 0 bridgehead atoms. The SMILES string of the molecule is CNc1cc[c-]cc1.[CH-]=C.[U+2]. The Hall–Kier alpha value is -0.188. The number of hydrogen-bond acceptors (Lipinski definition) is 1. The van der Waals surface area contributed by atoms with Crippen molar-refractivity contribution in [2.75, 3.05) is 12.4 Å². The van der Waals surface area contributed by atoms with Crippen molar-refractivity contribution in [2.24, 2.45) is 0 Å². The van der Waals surface area contributed by atoms with Crippen molar-refractivity contribution in [2.45, 2.75) is 0 Å². The predicted octanol–water partition coefficient (Wildman–Crippen LogP) is 2.13. The maximum atomic E-state index is 4.25. The van der Waals surface area contributed by atoms with Crippen molar-refractivity contribution >= 4 is 5.69 Å². The molecule has 0 saturated carbocycles. The smallest absolute Gasteiger partial charge is 0.521 e. The van der Waals surface area contributed by atoms with Gasteiger partial charge in [-0.2, -0.15) is 18.2 Å². The predicted molar refractivity (Wildman–Crippen MR) is 44.8 cm³/mol. The van der Waals surface area contributed by atoms with E-state index in [1.54, 1.807) is 0 Å². The summed E-state index contributed by atoms with van der Waals surface area (Å²) in [6.45, 7) is 7.00. The van der Waals surface area contributed by atoms with Crippen LogP contribution in [0.5, 0.6) is 0 Å². The van der Waals surface area contributed by atoms with E-state index in [0.29, 0.717) is 0 Å². The first kappa shape index (κ1) is 13.4. The zero-order chi connectivity index (χ0) is 7.82. The molecule has 1 N–H and O–H groups in total. The van der Waals surface area contributed by atoms with Crippen LogP contribution in [0.1, 0.15) is 0 Å². The van der Waals surface area contributed by atoms with Crippen LogP contribution in [0.4, 0.5) is 5.69 Å². The second kappa shape index (κ2) is 9.81. The molecule has 0 unspecified atom stereocenters. The van der Waals surface area contributed by atoms with E-state index in [1.807, 2.05) is 31.3 Å². The van der Waals surface area contributed by atoms with E-state index in [0.717, 1.165) is 5.69 Å². The molecule has 0 saturated heterocycles. The van der Waals surface area contributed by atoms with Gasteiger partial charge >= 0.3 is 31.1 Å². The molecule has 0 amide bonds. The van der Waals surface area contributed by atoms with Crippen molar-refractivity contribution in [1.82, 2.24) is 0 Å². The molecule has 0 atom stereocenters. The van der Waals surface area contributed by atoms with Gasteiger partial charge in [0.15, 0.2) is 0 Å². The minimum Gasteiger partial charge on any atom is -0.521 e.